The molecule has 0 bridgehead atoms. The van der Waals surface area contributed by atoms with E-state index in [1.54, 1.807) is 89.8 Å². The van der Waals surface area contributed by atoms with Gasteiger partial charge in [-0.1, -0.05) is 12.1 Å². The first-order valence-electron chi connectivity index (χ1n) is 15.6. The van der Waals surface area contributed by atoms with Gasteiger partial charge in [-0.2, -0.15) is 0 Å². The zero-order valence-electron chi connectivity index (χ0n) is 25.9. The molecule has 0 saturated carbocycles. The third-order valence-corrected chi connectivity index (χ3v) is 10.2. The van der Waals surface area contributed by atoms with Gasteiger partial charge in [-0.15, -0.1) is 22.7 Å². The molecule has 2 saturated heterocycles. The van der Waals surface area contributed by atoms with Gasteiger partial charge in [-0.05, 0) is 71.4 Å². The number of hydrogen-bond donors (Lipinski definition) is 4. The Kier molecular flexibility index (Phi) is 9.10. The molecule has 2 aromatic carbocycles. The van der Waals surface area contributed by atoms with Crippen molar-refractivity contribution in [1.29, 1.82) is 0 Å². The smallest absolute Gasteiger partial charge is 0.264 e. The fraction of sp³-hybridized carbons (Fsp3) is 0.229. The van der Waals surface area contributed by atoms with E-state index >= 15 is 0 Å². The van der Waals surface area contributed by atoms with Gasteiger partial charge >= 0.3 is 0 Å². The molecule has 250 valence electrons. The fourth-order valence-corrected chi connectivity index (χ4v) is 7.42. The van der Waals surface area contributed by atoms with Crippen LogP contribution in [-0.2, 0) is 9.59 Å². The van der Waals surface area contributed by atoms with Crippen molar-refractivity contribution >= 4 is 57.7 Å². The average molecular weight is 698 g/mol. The maximum atomic E-state index is 13.1. The van der Waals surface area contributed by atoms with Crippen LogP contribution in [0, 0.1) is 0 Å². The minimum absolute atomic E-state index is 0.0975. The highest BCUT2D eigenvalue weighted by Crippen LogP contribution is 2.30. The van der Waals surface area contributed by atoms with Gasteiger partial charge in [0.05, 0.1) is 28.2 Å². The number of carbonyl (C=O) groups is 4. The van der Waals surface area contributed by atoms with Gasteiger partial charge in [-0.3, -0.25) is 19.2 Å². The van der Waals surface area contributed by atoms with E-state index in [1.165, 1.54) is 32.5 Å². The molecule has 7 rings (SSSR count). The van der Waals surface area contributed by atoms with Gasteiger partial charge in [0, 0.05) is 48.4 Å². The van der Waals surface area contributed by atoms with Crippen LogP contribution in [0.15, 0.2) is 94.2 Å². The van der Waals surface area contributed by atoms with E-state index in [0.29, 0.717) is 38.3 Å². The molecule has 5 aromatic rings. The number of oxazole rings is 1. The number of nitrogens with one attached hydrogen (secondary N) is 2. The Bertz CT molecular complexity index is 1820. The van der Waals surface area contributed by atoms with Crippen LogP contribution >= 0.6 is 22.7 Å². The van der Waals surface area contributed by atoms with Gasteiger partial charge in [0.15, 0.2) is 5.76 Å². The Morgan fingerprint density at radius 2 is 1.16 bits per heavy atom. The molecular formula is C35H31N5O7S2. The van der Waals surface area contributed by atoms with E-state index in [9.17, 15) is 29.4 Å². The van der Waals surface area contributed by atoms with Gasteiger partial charge in [0.2, 0.25) is 17.7 Å². The highest BCUT2D eigenvalue weighted by molar-refractivity contribution is 7.12. The monoisotopic (exact) mass is 697 g/mol. The lowest BCUT2D eigenvalue weighted by Gasteiger charge is -2.23. The molecule has 4 N–H and O–H groups in total. The van der Waals surface area contributed by atoms with Crippen LogP contribution in [0.2, 0.25) is 0 Å². The third-order valence-electron chi connectivity index (χ3n) is 8.49. The maximum Gasteiger partial charge on any atom is 0.264 e. The summed E-state index contributed by atoms with van der Waals surface area (Å²) in [7, 11) is 0. The number of aromatic nitrogens is 1. The Morgan fingerprint density at radius 3 is 1.61 bits per heavy atom. The number of likely N-dealkylation sites (tertiary alicyclic amines) is 2. The molecule has 49 heavy (non-hydrogen) atoms. The van der Waals surface area contributed by atoms with Crippen molar-refractivity contribution in [3.63, 3.8) is 0 Å². The summed E-state index contributed by atoms with van der Waals surface area (Å²) in [6, 6.07) is 19.3. The minimum Gasteiger partial charge on any atom is -0.436 e. The Hall–Kier alpha value is -5.15. The predicted octanol–water partition coefficient (Wildman–Crippen LogP) is 4.56. The normalized spacial score (nSPS) is 20.4. The standard InChI is InChI=1S/C35H31N5O7S2/c41-24-15-26(39(18-24)34(45)29-3-1-13-48-29)31(43)37-22-9-5-20(6-10-22)28-17-36-33(47-28)21-7-11-23(12-8-21)38-32(44)27-16-25(42)19-40(27)35(46)30-4-2-14-49-30/h1-14,17,24-27,41-42H,15-16,18-19H2,(H,37,43)(H,38,44)/t24-,25-,26+,27+/m1/s1. The highest BCUT2D eigenvalue weighted by atomic mass is 32.1. The van der Waals surface area contributed by atoms with Crippen molar-refractivity contribution < 1.29 is 33.8 Å². The number of aliphatic hydroxyl groups excluding tert-OH is 2. The fourth-order valence-electron chi connectivity index (χ4n) is 6.06. The van der Waals surface area contributed by atoms with Crippen LogP contribution in [0.5, 0.6) is 0 Å². The first kappa shape index (κ1) is 32.4. The SMILES string of the molecule is O=C(Nc1ccc(-c2cnc(-c3ccc(NC(=O)[C@@H]4C[C@@H](O)CN4C(=O)c4cccs4)cc3)o2)cc1)[C@@H]1C[C@@H](O)CN1C(=O)c1cccs1. The molecule has 0 aliphatic carbocycles. The van der Waals surface area contributed by atoms with Crippen LogP contribution in [0.1, 0.15) is 32.2 Å². The number of β-amino-alcohol motifs (C(OH)–C–C–N with tert-alkyl or cyclic N) is 2. The topological polar surface area (TPSA) is 165 Å². The van der Waals surface area contributed by atoms with Crippen LogP contribution in [0.25, 0.3) is 22.8 Å². The van der Waals surface area contributed by atoms with E-state index in [0.717, 1.165) is 5.56 Å². The molecule has 0 unspecified atom stereocenters. The average Bonchev–Trinajstić information content (AvgIpc) is 3.95. The van der Waals surface area contributed by atoms with Crippen molar-refractivity contribution in [2.24, 2.45) is 0 Å². The lowest BCUT2D eigenvalue weighted by Crippen LogP contribution is -2.43. The Morgan fingerprint density at radius 1 is 0.694 bits per heavy atom. The second kappa shape index (κ2) is 13.8. The van der Waals surface area contributed by atoms with Crippen molar-refractivity contribution in [1.82, 2.24) is 14.8 Å². The number of benzene rings is 2. The summed E-state index contributed by atoms with van der Waals surface area (Å²) in [5.74, 6) is -0.431. The van der Waals surface area contributed by atoms with E-state index in [2.05, 4.69) is 15.6 Å². The van der Waals surface area contributed by atoms with Gasteiger partial charge in [-0.25, -0.2) is 4.98 Å². The zero-order chi connectivity index (χ0) is 34.1. The van der Waals surface area contributed by atoms with Gasteiger partial charge < -0.3 is 35.1 Å². The van der Waals surface area contributed by atoms with Crippen molar-refractivity contribution in [3.05, 3.63) is 99.5 Å². The molecule has 2 aliphatic heterocycles. The van der Waals surface area contributed by atoms with E-state index in [4.69, 9.17) is 4.42 Å². The molecule has 4 atom stereocenters. The summed E-state index contributed by atoms with van der Waals surface area (Å²) in [5, 5.41) is 29.7. The van der Waals surface area contributed by atoms with Crippen molar-refractivity contribution in [2.45, 2.75) is 37.1 Å². The van der Waals surface area contributed by atoms with Crippen LogP contribution in [0.4, 0.5) is 11.4 Å². The molecule has 4 amide bonds. The third kappa shape index (κ3) is 6.89. The summed E-state index contributed by atoms with van der Waals surface area (Å²) in [6.07, 6.45) is 0.368. The molecule has 0 radical (unpaired) electrons. The molecule has 12 nitrogen and oxygen atoms in total. The lowest BCUT2D eigenvalue weighted by molar-refractivity contribution is -0.120. The van der Waals surface area contributed by atoms with E-state index in [1.807, 2.05) is 0 Å². The quantitative estimate of drug-likeness (QED) is 0.183. The number of aliphatic hydroxyl groups is 2. The van der Waals surface area contributed by atoms with Gasteiger partial charge in [0.1, 0.15) is 12.1 Å². The van der Waals surface area contributed by atoms with Crippen molar-refractivity contribution in [3.8, 4) is 22.8 Å². The summed E-state index contributed by atoms with van der Waals surface area (Å²) >= 11 is 2.58. The number of hydrogen-bond acceptors (Lipinski definition) is 10. The molecule has 14 heteroatoms. The molecule has 3 aromatic heterocycles. The lowest BCUT2D eigenvalue weighted by atomic mass is 10.1. The van der Waals surface area contributed by atoms with Crippen molar-refractivity contribution in [2.75, 3.05) is 23.7 Å². The summed E-state index contributed by atoms with van der Waals surface area (Å²) in [5.41, 5.74) is 2.46. The first-order chi connectivity index (χ1) is 23.7. The van der Waals surface area contributed by atoms with Crippen LogP contribution < -0.4 is 10.6 Å². The van der Waals surface area contributed by atoms with Crippen LogP contribution in [-0.4, -0.2) is 86.0 Å². The van der Waals surface area contributed by atoms with Gasteiger partial charge in [0.25, 0.3) is 11.8 Å². The number of nitrogens with zero attached hydrogens (tertiary/aromatic N) is 3. The number of anilines is 2. The Balaban J connectivity index is 0.964. The predicted molar refractivity (Wildman–Crippen MR) is 184 cm³/mol. The molecular weight excluding hydrogens is 667 g/mol. The summed E-state index contributed by atoms with van der Waals surface area (Å²) < 4.78 is 6.01. The Labute approximate surface area is 288 Å². The second-order valence-electron chi connectivity index (χ2n) is 11.8. The molecule has 5 heterocycles. The largest absolute Gasteiger partial charge is 0.436 e. The first-order valence-corrected chi connectivity index (χ1v) is 17.3. The second-order valence-corrected chi connectivity index (χ2v) is 13.7. The minimum atomic E-state index is -0.788. The molecule has 2 fully saturated rings. The number of thiophene rings is 2. The van der Waals surface area contributed by atoms with E-state index in [-0.39, 0.29) is 49.6 Å². The summed E-state index contributed by atoms with van der Waals surface area (Å²) in [4.78, 5) is 60.3. The summed E-state index contributed by atoms with van der Waals surface area (Å²) in [6.45, 7) is 0.196. The zero-order valence-corrected chi connectivity index (χ0v) is 27.5. The number of rotatable bonds is 8. The number of amides is 4. The number of carbonyl (C=O) groups excluding carboxylic acids is 4. The maximum absolute atomic E-state index is 13.1. The molecule has 0 spiro atoms. The highest BCUT2D eigenvalue weighted by Gasteiger charge is 2.40. The molecule has 2 aliphatic rings. The van der Waals surface area contributed by atoms with Crippen LogP contribution in [0.3, 0.4) is 0 Å². The van der Waals surface area contributed by atoms with E-state index < -0.39 is 24.3 Å².